The predicted octanol–water partition coefficient (Wildman–Crippen LogP) is 3.70. The maximum Gasteiger partial charge on any atom is 0.191 e. The summed E-state index contributed by atoms with van der Waals surface area (Å²) in [5.41, 5.74) is 1.40. The van der Waals surface area contributed by atoms with Gasteiger partial charge in [-0.3, -0.25) is 9.89 Å². The number of likely N-dealkylation sites (tertiary alicyclic amines) is 1. The van der Waals surface area contributed by atoms with Gasteiger partial charge in [-0.25, -0.2) is 4.98 Å². The van der Waals surface area contributed by atoms with Gasteiger partial charge in [0.25, 0.3) is 0 Å². The summed E-state index contributed by atoms with van der Waals surface area (Å²) in [6.07, 6.45) is 6.31. The van der Waals surface area contributed by atoms with Gasteiger partial charge in [0.2, 0.25) is 0 Å². The second-order valence-electron chi connectivity index (χ2n) is 7.00. The fourth-order valence-electron chi connectivity index (χ4n) is 3.38. The van der Waals surface area contributed by atoms with Crippen LogP contribution in [0.2, 0.25) is 0 Å². The Labute approximate surface area is 190 Å². The molecular formula is C21H32IN5S. The van der Waals surface area contributed by atoms with Gasteiger partial charge in [-0.2, -0.15) is 0 Å². The zero-order chi connectivity index (χ0) is 18.9. The van der Waals surface area contributed by atoms with Gasteiger partial charge in [0.05, 0.1) is 5.01 Å². The molecule has 2 aromatic rings. The number of piperidine rings is 1. The number of benzene rings is 1. The standard InChI is InChI=1S/C21H31N5S.HI/c1-3-19-15-24-20(27-19)9-12-23-21(22-2)25-18-10-13-26(14-11-18)16-17-7-5-4-6-8-17;/h4-8,15,18H,3,9-14,16H2,1-2H3,(H2,22,23,25);1H. The maximum atomic E-state index is 4.48. The van der Waals surface area contributed by atoms with Gasteiger partial charge in [0, 0.05) is 56.8 Å². The van der Waals surface area contributed by atoms with Crippen LogP contribution < -0.4 is 10.6 Å². The SMILES string of the molecule is CCc1cnc(CCNC(=NC)NC2CCN(Cc3ccccc3)CC2)s1.I. The summed E-state index contributed by atoms with van der Waals surface area (Å²) >= 11 is 1.81. The lowest BCUT2D eigenvalue weighted by Crippen LogP contribution is -2.48. The third-order valence-electron chi connectivity index (χ3n) is 4.98. The quantitative estimate of drug-likeness (QED) is 0.337. The van der Waals surface area contributed by atoms with Crippen molar-refractivity contribution in [2.24, 2.45) is 4.99 Å². The second kappa shape index (κ2) is 12.4. The van der Waals surface area contributed by atoms with Crippen molar-refractivity contribution in [1.29, 1.82) is 0 Å². The molecule has 5 nitrogen and oxygen atoms in total. The summed E-state index contributed by atoms with van der Waals surface area (Å²) in [6, 6.07) is 11.2. The van der Waals surface area contributed by atoms with Gasteiger partial charge in [-0.1, -0.05) is 37.3 Å². The third-order valence-corrected chi connectivity index (χ3v) is 6.18. The van der Waals surface area contributed by atoms with Crippen LogP contribution in [0, 0.1) is 0 Å². The molecule has 3 rings (SSSR count). The summed E-state index contributed by atoms with van der Waals surface area (Å²) < 4.78 is 0. The first kappa shape index (κ1) is 23.1. The number of halogens is 1. The van der Waals surface area contributed by atoms with Gasteiger partial charge in [-0.15, -0.1) is 35.3 Å². The number of nitrogens with one attached hydrogen (secondary N) is 2. The van der Waals surface area contributed by atoms with Crippen LogP contribution in [-0.2, 0) is 19.4 Å². The van der Waals surface area contributed by atoms with Crippen molar-refractivity contribution in [2.45, 2.75) is 45.2 Å². The zero-order valence-electron chi connectivity index (χ0n) is 16.9. The van der Waals surface area contributed by atoms with Gasteiger partial charge in [0.1, 0.15) is 0 Å². The van der Waals surface area contributed by atoms with E-state index in [2.05, 4.69) is 62.8 Å². The Kier molecular flexibility index (Phi) is 10.2. The number of nitrogens with zero attached hydrogens (tertiary/aromatic N) is 3. The molecule has 1 aromatic carbocycles. The van der Waals surface area contributed by atoms with E-state index in [-0.39, 0.29) is 24.0 Å². The Morgan fingerprint density at radius 2 is 2.00 bits per heavy atom. The Morgan fingerprint density at radius 1 is 1.25 bits per heavy atom. The Morgan fingerprint density at radius 3 is 2.64 bits per heavy atom. The molecule has 28 heavy (non-hydrogen) atoms. The largest absolute Gasteiger partial charge is 0.356 e. The summed E-state index contributed by atoms with van der Waals surface area (Å²) in [5.74, 6) is 0.906. The van der Waals surface area contributed by atoms with Crippen LogP contribution >= 0.6 is 35.3 Å². The van der Waals surface area contributed by atoms with E-state index in [4.69, 9.17) is 0 Å². The average Bonchev–Trinajstić information content (AvgIpc) is 3.17. The van der Waals surface area contributed by atoms with E-state index in [0.717, 1.165) is 57.8 Å². The van der Waals surface area contributed by atoms with Crippen molar-refractivity contribution in [3.8, 4) is 0 Å². The summed E-state index contributed by atoms with van der Waals surface area (Å²) in [4.78, 5) is 12.8. The van der Waals surface area contributed by atoms with E-state index in [1.807, 2.05) is 24.6 Å². The molecule has 1 aliphatic heterocycles. The minimum Gasteiger partial charge on any atom is -0.356 e. The molecule has 1 saturated heterocycles. The number of aryl methyl sites for hydroxylation is 1. The number of thiazole rings is 1. The van der Waals surface area contributed by atoms with Crippen LogP contribution in [0.25, 0.3) is 0 Å². The van der Waals surface area contributed by atoms with Gasteiger partial charge in [-0.05, 0) is 24.8 Å². The summed E-state index contributed by atoms with van der Waals surface area (Å²) in [5, 5.41) is 8.22. The predicted molar refractivity (Wildman–Crippen MR) is 130 cm³/mol. The normalized spacial score (nSPS) is 15.9. The zero-order valence-corrected chi connectivity index (χ0v) is 20.0. The maximum absolute atomic E-state index is 4.48. The average molecular weight is 513 g/mol. The van der Waals surface area contributed by atoms with Crippen molar-refractivity contribution in [2.75, 3.05) is 26.7 Å². The van der Waals surface area contributed by atoms with Crippen molar-refractivity contribution >= 4 is 41.3 Å². The van der Waals surface area contributed by atoms with Crippen LogP contribution in [0.15, 0.2) is 41.5 Å². The Balaban J connectivity index is 0.00000280. The highest BCUT2D eigenvalue weighted by molar-refractivity contribution is 14.0. The lowest BCUT2D eigenvalue weighted by molar-refractivity contribution is 0.198. The lowest BCUT2D eigenvalue weighted by Gasteiger charge is -2.33. The molecule has 7 heteroatoms. The molecule has 0 aliphatic carbocycles. The van der Waals surface area contributed by atoms with E-state index < -0.39 is 0 Å². The van der Waals surface area contributed by atoms with Crippen LogP contribution in [-0.4, -0.2) is 48.6 Å². The Hall–Kier alpha value is -1.19. The van der Waals surface area contributed by atoms with Crippen LogP contribution in [0.5, 0.6) is 0 Å². The molecule has 0 amide bonds. The molecule has 0 unspecified atom stereocenters. The highest BCUT2D eigenvalue weighted by atomic mass is 127. The lowest BCUT2D eigenvalue weighted by atomic mass is 10.0. The van der Waals surface area contributed by atoms with Crippen molar-refractivity contribution in [3.05, 3.63) is 52.0 Å². The number of hydrogen-bond donors (Lipinski definition) is 2. The summed E-state index contributed by atoms with van der Waals surface area (Å²) in [6.45, 7) is 6.34. The topological polar surface area (TPSA) is 52.6 Å². The molecule has 2 heterocycles. The van der Waals surface area contributed by atoms with E-state index in [9.17, 15) is 0 Å². The first-order valence-electron chi connectivity index (χ1n) is 9.94. The van der Waals surface area contributed by atoms with Crippen molar-refractivity contribution in [1.82, 2.24) is 20.5 Å². The van der Waals surface area contributed by atoms with E-state index in [1.165, 1.54) is 15.4 Å². The minimum atomic E-state index is 0. The molecular weight excluding hydrogens is 481 g/mol. The number of aromatic nitrogens is 1. The molecule has 2 N–H and O–H groups in total. The molecule has 0 atom stereocenters. The fourth-order valence-corrected chi connectivity index (χ4v) is 4.24. The van der Waals surface area contributed by atoms with E-state index in [1.54, 1.807) is 0 Å². The van der Waals surface area contributed by atoms with Crippen LogP contribution in [0.1, 0.15) is 35.2 Å². The highest BCUT2D eigenvalue weighted by Gasteiger charge is 2.20. The monoisotopic (exact) mass is 513 g/mol. The molecule has 1 fully saturated rings. The fraction of sp³-hybridized carbons (Fsp3) is 0.524. The van der Waals surface area contributed by atoms with Crippen molar-refractivity contribution < 1.29 is 0 Å². The minimum absolute atomic E-state index is 0. The van der Waals surface area contributed by atoms with E-state index in [0.29, 0.717) is 6.04 Å². The number of rotatable bonds is 7. The Bertz CT molecular complexity index is 711. The highest BCUT2D eigenvalue weighted by Crippen LogP contribution is 2.14. The molecule has 0 bridgehead atoms. The van der Waals surface area contributed by atoms with Crippen LogP contribution in [0.4, 0.5) is 0 Å². The molecule has 154 valence electrons. The second-order valence-corrected chi connectivity index (χ2v) is 8.20. The molecule has 0 radical (unpaired) electrons. The van der Waals surface area contributed by atoms with Gasteiger partial charge < -0.3 is 10.6 Å². The smallest absolute Gasteiger partial charge is 0.191 e. The first-order valence-corrected chi connectivity index (χ1v) is 10.8. The molecule has 0 saturated carbocycles. The number of guanidine groups is 1. The molecule has 1 aliphatic rings. The molecule has 0 spiro atoms. The molecule has 1 aromatic heterocycles. The van der Waals surface area contributed by atoms with Crippen molar-refractivity contribution in [3.63, 3.8) is 0 Å². The third kappa shape index (κ3) is 7.33. The number of hydrogen-bond acceptors (Lipinski definition) is 4. The van der Waals surface area contributed by atoms with E-state index >= 15 is 0 Å². The first-order chi connectivity index (χ1) is 13.3. The number of aliphatic imine (C=N–C) groups is 1. The summed E-state index contributed by atoms with van der Waals surface area (Å²) in [7, 11) is 1.85. The van der Waals surface area contributed by atoms with Crippen LogP contribution in [0.3, 0.4) is 0 Å². The van der Waals surface area contributed by atoms with Gasteiger partial charge in [0.15, 0.2) is 5.96 Å². The van der Waals surface area contributed by atoms with Gasteiger partial charge >= 0.3 is 0 Å².